The third kappa shape index (κ3) is 6.23. The van der Waals surface area contributed by atoms with Gasteiger partial charge in [-0.15, -0.1) is 0 Å². The minimum Gasteiger partial charge on any atom is -0.493 e. The molecule has 1 rings (SSSR count). The number of benzene rings is 1. The minimum absolute atomic E-state index is 0.219. The zero-order valence-corrected chi connectivity index (χ0v) is 13.3. The molecule has 0 fully saturated rings. The summed E-state index contributed by atoms with van der Waals surface area (Å²) in [7, 11) is -0.119. The van der Waals surface area contributed by atoms with Crippen LogP contribution in [-0.4, -0.2) is 49.1 Å². The average Bonchev–Trinajstić information content (AvgIpc) is 2.41. The van der Waals surface area contributed by atoms with Crippen LogP contribution in [0.5, 0.6) is 11.5 Å². The maximum Gasteiger partial charge on any atom is 0.488 e. The topological polar surface area (TPSA) is 97.3 Å². The first-order chi connectivity index (χ1) is 10.2. The number of hydrogen-bond donors (Lipinski definition) is 3. The van der Waals surface area contributed by atoms with Crippen LogP contribution in [0, 0.1) is 0 Å². The third-order valence-electron chi connectivity index (χ3n) is 2.51. The molecule has 0 radical (unpaired) electrons. The second kappa shape index (κ2) is 7.91. The summed E-state index contributed by atoms with van der Waals surface area (Å²) in [5.41, 5.74) is -0.245. The van der Waals surface area contributed by atoms with Gasteiger partial charge in [0, 0.05) is 0 Å². The fourth-order valence-electron chi connectivity index (χ4n) is 1.59. The molecule has 1 amide bonds. The molecule has 7 nitrogen and oxygen atoms in total. The molecule has 0 spiro atoms. The molecule has 3 N–H and O–H groups in total. The van der Waals surface area contributed by atoms with E-state index in [1.54, 1.807) is 26.8 Å². The van der Waals surface area contributed by atoms with Gasteiger partial charge in [-0.25, -0.2) is 4.79 Å². The molecule has 122 valence electrons. The van der Waals surface area contributed by atoms with Crippen LogP contribution in [0.1, 0.15) is 20.8 Å². The molecule has 8 heteroatoms. The first kappa shape index (κ1) is 18.1. The molecule has 0 aliphatic carbocycles. The second-order valence-corrected chi connectivity index (χ2v) is 5.56. The summed E-state index contributed by atoms with van der Waals surface area (Å²) >= 11 is 0. The first-order valence-corrected chi connectivity index (χ1v) is 6.86. The Bertz CT molecular complexity index is 501. The molecule has 0 aliphatic heterocycles. The van der Waals surface area contributed by atoms with Crippen LogP contribution in [-0.2, 0) is 4.74 Å². The normalized spacial score (nSPS) is 10.8. The molecule has 0 atom stereocenters. The van der Waals surface area contributed by atoms with E-state index in [4.69, 9.17) is 24.3 Å². The number of nitrogens with one attached hydrogen (secondary N) is 1. The van der Waals surface area contributed by atoms with Crippen molar-refractivity contribution in [3.8, 4) is 11.5 Å². The molecule has 1 aromatic rings. The van der Waals surface area contributed by atoms with Gasteiger partial charge in [-0.2, -0.15) is 0 Å². The summed E-state index contributed by atoms with van der Waals surface area (Å²) in [5.74, 6) is 0.820. The Morgan fingerprint density at radius 2 is 1.95 bits per heavy atom. The highest BCUT2D eigenvalue weighted by Crippen LogP contribution is 2.24. The molecular formula is C14H22BNO6. The van der Waals surface area contributed by atoms with Crippen molar-refractivity contribution in [2.24, 2.45) is 0 Å². The maximum absolute atomic E-state index is 11.4. The molecule has 0 saturated carbocycles. The van der Waals surface area contributed by atoms with Gasteiger partial charge in [0.2, 0.25) is 0 Å². The van der Waals surface area contributed by atoms with Crippen LogP contribution in [0.3, 0.4) is 0 Å². The maximum atomic E-state index is 11.4. The number of carbonyl (C=O) groups excluding carboxylic acids is 1. The molecule has 0 heterocycles. The van der Waals surface area contributed by atoms with E-state index in [0.717, 1.165) is 0 Å². The van der Waals surface area contributed by atoms with Crippen molar-refractivity contribution in [1.82, 2.24) is 5.32 Å². The van der Waals surface area contributed by atoms with E-state index in [2.05, 4.69) is 5.32 Å². The third-order valence-corrected chi connectivity index (χ3v) is 2.51. The van der Waals surface area contributed by atoms with Crippen LogP contribution >= 0.6 is 0 Å². The van der Waals surface area contributed by atoms with Crippen LogP contribution in [0.15, 0.2) is 18.2 Å². The lowest BCUT2D eigenvalue weighted by Gasteiger charge is -2.19. The largest absolute Gasteiger partial charge is 0.493 e. The lowest BCUT2D eigenvalue weighted by atomic mass is 9.80. The Labute approximate surface area is 130 Å². The van der Waals surface area contributed by atoms with E-state index in [1.165, 1.54) is 19.2 Å². The SMILES string of the molecule is COc1cc(B(O)O)ccc1OCCNC(=O)OC(C)(C)C. The smallest absolute Gasteiger partial charge is 0.488 e. The number of carbonyl (C=O) groups is 1. The van der Waals surface area contributed by atoms with E-state index < -0.39 is 18.8 Å². The molecule has 0 aliphatic rings. The summed E-state index contributed by atoms with van der Waals surface area (Å²) in [6, 6.07) is 4.56. The summed E-state index contributed by atoms with van der Waals surface area (Å²) < 4.78 is 15.7. The van der Waals surface area contributed by atoms with Crippen molar-refractivity contribution in [2.45, 2.75) is 26.4 Å². The van der Waals surface area contributed by atoms with Crippen molar-refractivity contribution >= 4 is 18.7 Å². The molecular weight excluding hydrogens is 289 g/mol. The Morgan fingerprint density at radius 3 is 2.50 bits per heavy atom. The Balaban J connectivity index is 2.47. The van der Waals surface area contributed by atoms with Gasteiger partial charge in [0.25, 0.3) is 0 Å². The lowest BCUT2D eigenvalue weighted by molar-refractivity contribution is 0.0520. The van der Waals surface area contributed by atoms with Crippen LogP contribution < -0.4 is 20.3 Å². The number of methoxy groups -OCH3 is 1. The van der Waals surface area contributed by atoms with Gasteiger partial charge in [-0.05, 0) is 38.4 Å². The van der Waals surface area contributed by atoms with Gasteiger partial charge in [-0.3, -0.25) is 0 Å². The van der Waals surface area contributed by atoms with E-state index in [1.807, 2.05) is 0 Å². The molecule has 0 unspecified atom stereocenters. The molecule has 1 aromatic carbocycles. The fraction of sp³-hybridized carbons (Fsp3) is 0.500. The number of alkyl carbamates (subject to hydrolysis) is 1. The number of ether oxygens (including phenoxy) is 3. The second-order valence-electron chi connectivity index (χ2n) is 5.56. The monoisotopic (exact) mass is 311 g/mol. The minimum atomic E-state index is -1.57. The summed E-state index contributed by atoms with van der Waals surface area (Å²) in [5, 5.41) is 20.8. The van der Waals surface area contributed by atoms with Gasteiger partial charge >= 0.3 is 13.2 Å². The quantitative estimate of drug-likeness (QED) is 0.516. The Morgan fingerprint density at radius 1 is 1.27 bits per heavy atom. The van der Waals surface area contributed by atoms with Gasteiger partial charge in [0.15, 0.2) is 11.5 Å². The van der Waals surface area contributed by atoms with Crippen molar-refractivity contribution in [1.29, 1.82) is 0 Å². The summed E-state index contributed by atoms with van der Waals surface area (Å²) in [6.45, 7) is 5.83. The number of hydrogen-bond acceptors (Lipinski definition) is 6. The highest BCUT2D eigenvalue weighted by molar-refractivity contribution is 6.58. The predicted molar refractivity (Wildman–Crippen MR) is 82.6 cm³/mol. The first-order valence-electron chi connectivity index (χ1n) is 6.86. The van der Waals surface area contributed by atoms with E-state index in [-0.39, 0.29) is 13.2 Å². The van der Waals surface area contributed by atoms with Crippen molar-refractivity contribution < 1.29 is 29.1 Å². The molecule has 0 saturated heterocycles. The molecule has 22 heavy (non-hydrogen) atoms. The standard InChI is InChI=1S/C14H22BNO6/c1-14(2,3)22-13(17)16-7-8-21-11-6-5-10(15(18)19)9-12(11)20-4/h5-6,9,18-19H,7-8H2,1-4H3,(H,16,17). The Hall–Kier alpha value is -1.93. The van der Waals surface area contributed by atoms with Gasteiger partial charge in [0.1, 0.15) is 12.2 Å². The fourth-order valence-corrected chi connectivity index (χ4v) is 1.59. The van der Waals surface area contributed by atoms with Gasteiger partial charge < -0.3 is 29.6 Å². The van der Waals surface area contributed by atoms with Crippen LogP contribution in [0.2, 0.25) is 0 Å². The molecule has 0 aromatic heterocycles. The highest BCUT2D eigenvalue weighted by Gasteiger charge is 2.16. The lowest BCUT2D eigenvalue weighted by Crippen LogP contribution is -2.34. The highest BCUT2D eigenvalue weighted by atomic mass is 16.6. The molecule has 0 bridgehead atoms. The van der Waals surface area contributed by atoms with Gasteiger partial charge in [0.05, 0.1) is 13.7 Å². The number of amides is 1. The summed E-state index contributed by atoms with van der Waals surface area (Å²) in [6.07, 6.45) is -0.512. The zero-order valence-electron chi connectivity index (χ0n) is 13.3. The van der Waals surface area contributed by atoms with Crippen molar-refractivity contribution in [3.63, 3.8) is 0 Å². The van der Waals surface area contributed by atoms with Crippen molar-refractivity contribution in [2.75, 3.05) is 20.3 Å². The van der Waals surface area contributed by atoms with E-state index in [9.17, 15) is 4.79 Å². The van der Waals surface area contributed by atoms with Crippen molar-refractivity contribution in [3.05, 3.63) is 18.2 Å². The summed E-state index contributed by atoms with van der Waals surface area (Å²) in [4.78, 5) is 11.4. The van der Waals surface area contributed by atoms with E-state index >= 15 is 0 Å². The average molecular weight is 311 g/mol. The predicted octanol–water partition coefficient (Wildman–Crippen LogP) is 0.278. The van der Waals surface area contributed by atoms with Crippen LogP contribution in [0.4, 0.5) is 4.79 Å². The zero-order chi connectivity index (χ0) is 16.8. The van der Waals surface area contributed by atoms with Gasteiger partial charge in [-0.1, -0.05) is 6.07 Å². The van der Waals surface area contributed by atoms with Crippen LogP contribution in [0.25, 0.3) is 0 Å². The van der Waals surface area contributed by atoms with E-state index in [0.29, 0.717) is 17.0 Å². The number of rotatable bonds is 6. The Kier molecular flexibility index (Phi) is 6.51.